The Hall–Kier alpha value is -1.52. The number of hydrogen-bond donors (Lipinski definition) is 0. The highest BCUT2D eigenvalue weighted by Gasteiger charge is 2.14. The first-order valence-electron chi connectivity index (χ1n) is 5.71. The molecule has 1 aromatic rings. The molecular formula is C11H16N4O. The van der Waals surface area contributed by atoms with Crippen LogP contribution in [0.25, 0.3) is 0 Å². The fourth-order valence-electron chi connectivity index (χ4n) is 1.92. The fraction of sp³-hybridized carbons (Fsp3) is 0.636. The minimum Gasteiger partial charge on any atom is -0.294 e. The molecule has 0 atom stereocenters. The summed E-state index contributed by atoms with van der Waals surface area (Å²) in [6.45, 7) is 0. The average molecular weight is 220 g/mol. The van der Waals surface area contributed by atoms with Crippen molar-refractivity contribution in [2.24, 2.45) is 7.05 Å². The largest absolute Gasteiger partial charge is 0.294 e. The third-order valence-electron chi connectivity index (χ3n) is 2.77. The van der Waals surface area contributed by atoms with Gasteiger partial charge in [-0.3, -0.25) is 4.79 Å². The summed E-state index contributed by atoms with van der Waals surface area (Å²) < 4.78 is 0. The molecular weight excluding hydrogens is 204 g/mol. The van der Waals surface area contributed by atoms with Gasteiger partial charge in [0.1, 0.15) is 0 Å². The Labute approximate surface area is 94.5 Å². The summed E-state index contributed by atoms with van der Waals surface area (Å²) in [4.78, 5) is 13.3. The SMILES string of the molecule is Cn1nnc(CC(=O)C2=CCCCCC2)n1. The third-order valence-corrected chi connectivity index (χ3v) is 2.77. The lowest BCUT2D eigenvalue weighted by atomic mass is 10.0. The van der Waals surface area contributed by atoms with Gasteiger partial charge in [-0.2, -0.15) is 4.80 Å². The second-order valence-corrected chi connectivity index (χ2v) is 4.12. The number of tetrazole rings is 1. The van der Waals surface area contributed by atoms with Gasteiger partial charge in [0, 0.05) is 0 Å². The molecule has 1 aliphatic rings. The van der Waals surface area contributed by atoms with Crippen LogP contribution in [0.15, 0.2) is 11.6 Å². The van der Waals surface area contributed by atoms with Crippen LogP contribution < -0.4 is 0 Å². The highest BCUT2D eigenvalue weighted by atomic mass is 16.1. The predicted octanol–water partition coefficient (Wildman–Crippen LogP) is 1.21. The number of carbonyl (C=O) groups is 1. The van der Waals surface area contributed by atoms with Crippen LogP contribution in [0, 0.1) is 0 Å². The molecule has 0 unspecified atom stereocenters. The molecule has 0 bridgehead atoms. The van der Waals surface area contributed by atoms with Gasteiger partial charge in [0.05, 0.1) is 13.5 Å². The van der Waals surface area contributed by atoms with Crippen molar-refractivity contribution in [1.29, 1.82) is 0 Å². The molecule has 0 spiro atoms. The predicted molar refractivity (Wildman–Crippen MR) is 58.7 cm³/mol. The van der Waals surface area contributed by atoms with Crippen LogP contribution in [-0.4, -0.2) is 26.0 Å². The van der Waals surface area contributed by atoms with E-state index in [2.05, 4.69) is 21.5 Å². The molecule has 1 aliphatic carbocycles. The minimum absolute atomic E-state index is 0.148. The van der Waals surface area contributed by atoms with Crippen LogP contribution >= 0.6 is 0 Å². The minimum atomic E-state index is 0.148. The second-order valence-electron chi connectivity index (χ2n) is 4.12. The Morgan fingerprint density at radius 2 is 2.31 bits per heavy atom. The summed E-state index contributed by atoms with van der Waals surface area (Å²) in [5, 5.41) is 11.6. The van der Waals surface area contributed by atoms with Crippen molar-refractivity contribution < 1.29 is 4.79 Å². The zero-order chi connectivity index (χ0) is 11.4. The molecule has 0 saturated heterocycles. The topological polar surface area (TPSA) is 60.7 Å². The molecule has 1 aromatic heterocycles. The highest BCUT2D eigenvalue weighted by Crippen LogP contribution is 2.18. The maximum absolute atomic E-state index is 11.9. The zero-order valence-electron chi connectivity index (χ0n) is 9.52. The number of allylic oxidation sites excluding steroid dienone is 2. The summed E-state index contributed by atoms with van der Waals surface area (Å²) in [5.41, 5.74) is 0.949. The van der Waals surface area contributed by atoms with Crippen molar-refractivity contribution >= 4 is 5.78 Å². The van der Waals surface area contributed by atoms with Gasteiger partial charge in [-0.1, -0.05) is 12.5 Å². The smallest absolute Gasteiger partial charge is 0.182 e. The molecule has 5 heteroatoms. The lowest BCUT2D eigenvalue weighted by Crippen LogP contribution is -2.08. The van der Waals surface area contributed by atoms with E-state index in [0.29, 0.717) is 5.82 Å². The Kier molecular flexibility index (Phi) is 3.44. The maximum atomic E-state index is 11.9. The van der Waals surface area contributed by atoms with Crippen LogP contribution in [0.3, 0.4) is 0 Å². The monoisotopic (exact) mass is 220 g/mol. The molecule has 86 valence electrons. The Morgan fingerprint density at radius 1 is 1.44 bits per heavy atom. The zero-order valence-corrected chi connectivity index (χ0v) is 9.52. The third kappa shape index (κ3) is 2.74. The van der Waals surface area contributed by atoms with E-state index in [4.69, 9.17) is 0 Å². The van der Waals surface area contributed by atoms with E-state index >= 15 is 0 Å². The van der Waals surface area contributed by atoms with E-state index in [0.717, 1.165) is 24.8 Å². The molecule has 5 nitrogen and oxygen atoms in total. The van der Waals surface area contributed by atoms with Crippen LogP contribution in [0.1, 0.15) is 37.9 Å². The van der Waals surface area contributed by atoms with Crippen molar-refractivity contribution in [2.45, 2.75) is 38.5 Å². The normalized spacial score (nSPS) is 16.7. The molecule has 0 aromatic carbocycles. The van der Waals surface area contributed by atoms with Crippen molar-refractivity contribution in [1.82, 2.24) is 20.2 Å². The van der Waals surface area contributed by atoms with E-state index in [1.54, 1.807) is 7.05 Å². The first-order chi connectivity index (χ1) is 7.75. The van der Waals surface area contributed by atoms with Crippen molar-refractivity contribution in [2.75, 3.05) is 0 Å². The average Bonchev–Trinajstić information content (AvgIpc) is 2.56. The second kappa shape index (κ2) is 5.01. The molecule has 0 radical (unpaired) electrons. The van der Waals surface area contributed by atoms with Gasteiger partial charge < -0.3 is 0 Å². The van der Waals surface area contributed by atoms with Gasteiger partial charge in [0.25, 0.3) is 0 Å². The molecule has 0 aliphatic heterocycles. The summed E-state index contributed by atoms with van der Waals surface area (Å²) in [6.07, 6.45) is 7.81. The summed E-state index contributed by atoms with van der Waals surface area (Å²) in [7, 11) is 1.70. The molecule has 0 fully saturated rings. The number of hydrogen-bond acceptors (Lipinski definition) is 4. The highest BCUT2D eigenvalue weighted by molar-refractivity contribution is 5.96. The Balaban J connectivity index is 1.99. The number of ketones is 1. The Bertz CT molecular complexity index is 408. The number of aromatic nitrogens is 4. The molecule has 0 saturated carbocycles. The van der Waals surface area contributed by atoms with Gasteiger partial charge in [-0.05, 0) is 36.5 Å². The van der Waals surface area contributed by atoms with Crippen molar-refractivity contribution in [3.63, 3.8) is 0 Å². The van der Waals surface area contributed by atoms with Crippen LogP contribution in [0.4, 0.5) is 0 Å². The van der Waals surface area contributed by atoms with E-state index < -0.39 is 0 Å². The number of nitrogens with zero attached hydrogens (tertiary/aromatic N) is 4. The van der Waals surface area contributed by atoms with Gasteiger partial charge in [0.15, 0.2) is 11.6 Å². The maximum Gasteiger partial charge on any atom is 0.182 e. The van der Waals surface area contributed by atoms with E-state index in [1.165, 1.54) is 17.6 Å². The number of aryl methyl sites for hydroxylation is 1. The van der Waals surface area contributed by atoms with E-state index in [9.17, 15) is 4.79 Å². The number of carbonyl (C=O) groups excluding carboxylic acids is 1. The number of Topliss-reactive ketones (excluding diaryl/α,β-unsaturated/α-hetero) is 1. The quantitative estimate of drug-likeness (QED) is 0.768. The first-order valence-corrected chi connectivity index (χ1v) is 5.71. The summed E-state index contributed by atoms with van der Waals surface area (Å²) in [6, 6.07) is 0. The van der Waals surface area contributed by atoms with E-state index in [1.807, 2.05) is 0 Å². The van der Waals surface area contributed by atoms with Gasteiger partial charge in [-0.25, -0.2) is 0 Å². The number of rotatable bonds is 3. The Morgan fingerprint density at radius 3 is 3.06 bits per heavy atom. The van der Waals surface area contributed by atoms with Crippen LogP contribution in [0.5, 0.6) is 0 Å². The van der Waals surface area contributed by atoms with Gasteiger partial charge in [-0.15, -0.1) is 10.2 Å². The summed E-state index contributed by atoms with van der Waals surface area (Å²) in [5.74, 6) is 0.660. The van der Waals surface area contributed by atoms with Gasteiger partial charge in [0.2, 0.25) is 0 Å². The fourth-order valence-corrected chi connectivity index (χ4v) is 1.92. The standard InChI is InChI=1S/C11H16N4O/c1-15-13-11(12-14-15)8-10(16)9-6-4-2-3-5-7-9/h6H,2-5,7-8H2,1H3. The lowest BCUT2D eigenvalue weighted by Gasteiger charge is -2.01. The van der Waals surface area contributed by atoms with Crippen molar-refractivity contribution in [3.8, 4) is 0 Å². The molecule has 16 heavy (non-hydrogen) atoms. The van der Waals surface area contributed by atoms with E-state index in [-0.39, 0.29) is 12.2 Å². The van der Waals surface area contributed by atoms with Crippen molar-refractivity contribution in [3.05, 3.63) is 17.5 Å². The van der Waals surface area contributed by atoms with Gasteiger partial charge >= 0.3 is 0 Å². The molecule has 0 amide bonds. The van der Waals surface area contributed by atoms with Crippen LogP contribution in [-0.2, 0) is 18.3 Å². The molecule has 2 rings (SSSR count). The van der Waals surface area contributed by atoms with Crippen LogP contribution in [0.2, 0.25) is 0 Å². The summed E-state index contributed by atoms with van der Waals surface area (Å²) >= 11 is 0. The molecule has 1 heterocycles. The lowest BCUT2D eigenvalue weighted by molar-refractivity contribution is -0.115. The molecule has 0 N–H and O–H groups in total. The first kappa shape index (κ1) is 11.0.